The lowest BCUT2D eigenvalue weighted by molar-refractivity contribution is 0.113. The number of alkyl halides is 2. The van der Waals surface area contributed by atoms with Crippen molar-refractivity contribution in [3.8, 4) is 0 Å². The first-order chi connectivity index (χ1) is 8.65. The molecule has 2 aliphatic rings. The topological polar surface area (TPSA) is 12.5 Å². The van der Waals surface area contributed by atoms with E-state index < -0.39 is 12.3 Å². The van der Waals surface area contributed by atoms with Crippen molar-refractivity contribution in [3.63, 3.8) is 0 Å². The highest BCUT2D eigenvalue weighted by Gasteiger charge is 2.46. The third-order valence-electron chi connectivity index (χ3n) is 3.22. The maximum atomic E-state index is 12.9. The van der Waals surface area contributed by atoms with E-state index in [4.69, 9.17) is 4.74 Å². The molecule has 0 amide bonds. The van der Waals surface area contributed by atoms with Crippen LogP contribution >= 0.6 is 0 Å². The van der Waals surface area contributed by atoms with E-state index in [1.54, 1.807) is 7.11 Å². The zero-order valence-corrected chi connectivity index (χ0v) is 12.5. The summed E-state index contributed by atoms with van der Waals surface area (Å²) in [6.45, 7) is 10.0. The second-order valence-electron chi connectivity index (χ2n) is 4.66. The Bertz CT molecular complexity index is 200. The van der Waals surface area contributed by atoms with Crippen LogP contribution in [0.5, 0.6) is 0 Å². The number of ether oxygens (including phenoxy) is 1. The molecule has 1 aliphatic carbocycles. The van der Waals surface area contributed by atoms with Gasteiger partial charge in [-0.2, -0.15) is 0 Å². The Morgan fingerprint density at radius 3 is 1.83 bits per heavy atom. The normalized spacial score (nSPS) is 28.8. The van der Waals surface area contributed by atoms with E-state index in [9.17, 15) is 8.78 Å². The summed E-state index contributed by atoms with van der Waals surface area (Å²) >= 11 is 0. The first-order valence-corrected chi connectivity index (χ1v) is 7.15. The van der Waals surface area contributed by atoms with Gasteiger partial charge in [-0.3, -0.25) is 4.90 Å². The number of nitrogens with zero attached hydrogens (tertiary/aromatic N) is 1. The minimum absolute atomic E-state index is 0.207. The molecule has 0 spiro atoms. The molecule has 0 aromatic rings. The van der Waals surface area contributed by atoms with E-state index in [1.165, 1.54) is 0 Å². The summed E-state index contributed by atoms with van der Waals surface area (Å²) in [4.78, 5) is 1.89. The van der Waals surface area contributed by atoms with Crippen LogP contribution in [0.1, 0.15) is 40.5 Å². The Hall–Kier alpha value is -0.220. The molecule has 2 fully saturated rings. The third-order valence-corrected chi connectivity index (χ3v) is 3.22. The predicted octanol–water partition coefficient (Wildman–Crippen LogP) is 3.46. The second-order valence-corrected chi connectivity index (χ2v) is 4.66. The zero-order valence-electron chi connectivity index (χ0n) is 12.5. The first-order valence-electron chi connectivity index (χ1n) is 7.15. The summed E-state index contributed by atoms with van der Waals surface area (Å²) in [6, 6.07) is 0. The zero-order chi connectivity index (χ0) is 14.2. The summed E-state index contributed by atoms with van der Waals surface area (Å²) < 4.78 is 30.9. The van der Waals surface area contributed by atoms with Crippen molar-refractivity contribution >= 4 is 0 Å². The van der Waals surface area contributed by atoms with Gasteiger partial charge in [0, 0.05) is 32.2 Å². The first kappa shape index (κ1) is 17.8. The van der Waals surface area contributed by atoms with Crippen LogP contribution in [0, 0.1) is 5.41 Å². The number of hydrogen-bond donors (Lipinski definition) is 0. The van der Waals surface area contributed by atoms with Crippen LogP contribution in [-0.4, -0.2) is 50.6 Å². The van der Waals surface area contributed by atoms with Gasteiger partial charge in [0.15, 0.2) is 0 Å². The van der Waals surface area contributed by atoms with E-state index >= 15 is 0 Å². The molecule has 2 atom stereocenters. The number of likely N-dealkylation sites (tertiary alicyclic amines) is 1. The Labute approximate surface area is 111 Å². The Balaban J connectivity index is 0.000000659. The molecule has 2 rings (SSSR count). The third kappa shape index (κ3) is 5.19. The van der Waals surface area contributed by atoms with Crippen molar-refractivity contribution in [1.29, 1.82) is 0 Å². The molecule has 0 radical (unpaired) electrons. The number of methoxy groups -OCH3 is 1. The molecular weight excluding hydrogens is 236 g/mol. The molecule has 1 saturated heterocycles. The molecular formula is C14H29F2NO. The lowest BCUT2D eigenvalue weighted by Gasteiger charge is -2.21. The average molecular weight is 265 g/mol. The van der Waals surface area contributed by atoms with Gasteiger partial charge in [-0.15, -0.1) is 0 Å². The van der Waals surface area contributed by atoms with Crippen LogP contribution in [0.4, 0.5) is 8.78 Å². The summed E-state index contributed by atoms with van der Waals surface area (Å²) in [7, 11) is 1.68. The van der Waals surface area contributed by atoms with Crippen LogP contribution in [0.2, 0.25) is 0 Å². The van der Waals surface area contributed by atoms with Crippen LogP contribution in [0.15, 0.2) is 0 Å². The number of halogens is 2. The molecule has 0 aromatic carbocycles. The highest BCUT2D eigenvalue weighted by Crippen LogP contribution is 2.46. The molecule has 0 N–H and O–H groups in total. The van der Waals surface area contributed by atoms with E-state index in [0.717, 1.165) is 26.0 Å². The molecule has 0 aromatic heterocycles. The van der Waals surface area contributed by atoms with Gasteiger partial charge in [0.2, 0.25) is 0 Å². The highest BCUT2D eigenvalue weighted by molar-refractivity contribution is 4.98. The van der Waals surface area contributed by atoms with Gasteiger partial charge in [-0.1, -0.05) is 27.7 Å². The minimum Gasteiger partial charge on any atom is -0.384 e. The van der Waals surface area contributed by atoms with Crippen LogP contribution in [-0.2, 0) is 4.74 Å². The average Bonchev–Trinajstić information content (AvgIpc) is 3.06. The van der Waals surface area contributed by atoms with Gasteiger partial charge in [0.25, 0.3) is 0 Å². The van der Waals surface area contributed by atoms with Crippen molar-refractivity contribution < 1.29 is 13.5 Å². The fourth-order valence-electron chi connectivity index (χ4n) is 2.23. The lowest BCUT2D eigenvalue weighted by atomic mass is 10.1. The van der Waals surface area contributed by atoms with Gasteiger partial charge in [0.05, 0.1) is 6.61 Å². The minimum atomic E-state index is -1.28. The SMILES string of the molecule is CC.CC.COCC1(CN2CC(F)C(F)C2)CC1. The van der Waals surface area contributed by atoms with E-state index in [1.807, 2.05) is 32.6 Å². The molecule has 1 aliphatic heterocycles. The van der Waals surface area contributed by atoms with Gasteiger partial charge in [-0.05, 0) is 12.8 Å². The predicted molar refractivity (Wildman–Crippen MR) is 72.5 cm³/mol. The van der Waals surface area contributed by atoms with Gasteiger partial charge in [0.1, 0.15) is 12.3 Å². The molecule has 4 heteroatoms. The fourth-order valence-corrected chi connectivity index (χ4v) is 2.23. The molecule has 110 valence electrons. The summed E-state index contributed by atoms with van der Waals surface area (Å²) in [5.41, 5.74) is 0.207. The summed E-state index contributed by atoms with van der Waals surface area (Å²) in [5, 5.41) is 0. The molecule has 1 heterocycles. The molecule has 2 unspecified atom stereocenters. The number of rotatable bonds is 4. The fraction of sp³-hybridized carbons (Fsp3) is 1.00. The van der Waals surface area contributed by atoms with Gasteiger partial charge < -0.3 is 4.74 Å². The second kappa shape index (κ2) is 8.81. The van der Waals surface area contributed by atoms with Gasteiger partial charge >= 0.3 is 0 Å². The molecule has 1 saturated carbocycles. The standard InChI is InChI=1S/C10H17F2NO.2C2H6/c1-14-7-10(2-3-10)6-13-4-8(11)9(12)5-13;2*1-2/h8-9H,2-7H2,1H3;2*1-2H3. The monoisotopic (exact) mass is 265 g/mol. The summed E-state index contributed by atoms with van der Waals surface area (Å²) in [5.74, 6) is 0. The molecule has 18 heavy (non-hydrogen) atoms. The van der Waals surface area contributed by atoms with Crippen molar-refractivity contribution in [2.45, 2.75) is 52.9 Å². The molecule has 2 nitrogen and oxygen atoms in total. The number of hydrogen-bond acceptors (Lipinski definition) is 2. The van der Waals surface area contributed by atoms with E-state index in [0.29, 0.717) is 0 Å². The Kier molecular flexibility index (Phi) is 8.70. The van der Waals surface area contributed by atoms with Crippen LogP contribution in [0.25, 0.3) is 0 Å². The van der Waals surface area contributed by atoms with Crippen molar-refractivity contribution in [2.24, 2.45) is 5.41 Å². The van der Waals surface area contributed by atoms with Crippen molar-refractivity contribution in [3.05, 3.63) is 0 Å². The molecule has 0 bridgehead atoms. The van der Waals surface area contributed by atoms with Crippen LogP contribution < -0.4 is 0 Å². The largest absolute Gasteiger partial charge is 0.384 e. The lowest BCUT2D eigenvalue weighted by Crippen LogP contribution is -2.31. The smallest absolute Gasteiger partial charge is 0.145 e. The Morgan fingerprint density at radius 2 is 1.50 bits per heavy atom. The maximum Gasteiger partial charge on any atom is 0.145 e. The maximum absolute atomic E-state index is 12.9. The van der Waals surface area contributed by atoms with E-state index in [-0.39, 0.29) is 18.5 Å². The summed E-state index contributed by atoms with van der Waals surface area (Å²) in [6.07, 6.45) is -0.307. The Morgan fingerprint density at radius 1 is 1.06 bits per heavy atom. The quantitative estimate of drug-likeness (QED) is 0.772. The van der Waals surface area contributed by atoms with E-state index in [2.05, 4.69) is 0 Å². The van der Waals surface area contributed by atoms with Crippen molar-refractivity contribution in [2.75, 3.05) is 33.4 Å². The van der Waals surface area contributed by atoms with Crippen LogP contribution in [0.3, 0.4) is 0 Å². The highest BCUT2D eigenvalue weighted by atomic mass is 19.2. The van der Waals surface area contributed by atoms with Gasteiger partial charge in [-0.25, -0.2) is 8.78 Å². The van der Waals surface area contributed by atoms with Crippen molar-refractivity contribution in [1.82, 2.24) is 4.90 Å².